The van der Waals surface area contributed by atoms with Crippen molar-refractivity contribution in [3.63, 3.8) is 0 Å². The van der Waals surface area contributed by atoms with E-state index in [4.69, 9.17) is 4.74 Å². The van der Waals surface area contributed by atoms with Crippen molar-refractivity contribution in [1.29, 1.82) is 0 Å². The van der Waals surface area contributed by atoms with Gasteiger partial charge in [0.25, 0.3) is 0 Å². The topological polar surface area (TPSA) is 57.0 Å². The van der Waals surface area contributed by atoms with Crippen LogP contribution in [-0.2, 0) is 22.7 Å². The predicted molar refractivity (Wildman–Crippen MR) is 99.2 cm³/mol. The van der Waals surface area contributed by atoms with Gasteiger partial charge >= 0.3 is 5.97 Å². The number of carbonyl (C=O) groups is 1. The summed E-state index contributed by atoms with van der Waals surface area (Å²) < 4.78 is 6.92. The van der Waals surface area contributed by atoms with Crippen LogP contribution in [0.25, 0.3) is 22.2 Å². The third-order valence-electron chi connectivity index (χ3n) is 4.16. The summed E-state index contributed by atoms with van der Waals surface area (Å²) in [6.45, 7) is 0.281. The van der Waals surface area contributed by atoms with E-state index in [0.717, 1.165) is 27.7 Å². The minimum Gasteiger partial charge on any atom is -0.459 e. The quantitative estimate of drug-likeness (QED) is 0.517. The maximum absolute atomic E-state index is 12.1. The number of fused-ring (bicyclic) bond motifs is 1. The van der Waals surface area contributed by atoms with E-state index in [1.165, 1.54) is 0 Å². The van der Waals surface area contributed by atoms with Crippen LogP contribution in [-0.4, -0.2) is 21.0 Å². The first-order chi connectivity index (χ1) is 12.8. The van der Waals surface area contributed by atoms with Gasteiger partial charge in [0.1, 0.15) is 18.7 Å². The fraction of sp³-hybridized carbons (Fsp3) is 0.0952. The molecule has 3 aromatic carbocycles. The molecule has 0 saturated heterocycles. The molecular formula is C21H17N3O2. The molecule has 5 nitrogen and oxygen atoms in total. The Morgan fingerprint density at radius 2 is 1.54 bits per heavy atom. The van der Waals surface area contributed by atoms with Gasteiger partial charge in [-0.05, 0) is 28.8 Å². The lowest BCUT2D eigenvalue weighted by molar-refractivity contribution is -0.145. The highest BCUT2D eigenvalue weighted by Gasteiger charge is 2.10. The summed E-state index contributed by atoms with van der Waals surface area (Å²) in [4.78, 5) is 12.1. The number of para-hydroxylation sites is 1. The number of rotatable bonds is 5. The normalized spacial score (nSPS) is 10.8. The molecule has 0 unspecified atom stereocenters. The zero-order valence-electron chi connectivity index (χ0n) is 14.1. The number of carbonyl (C=O) groups excluding carboxylic acids is 1. The Morgan fingerprint density at radius 1 is 0.846 bits per heavy atom. The molecule has 1 aromatic heterocycles. The van der Waals surface area contributed by atoms with Crippen LogP contribution in [0.15, 0.2) is 78.9 Å². The Hall–Kier alpha value is -3.47. The number of ether oxygens (including phenoxy) is 1. The number of hydrogen-bond acceptors (Lipinski definition) is 4. The smallest absolute Gasteiger partial charge is 0.328 e. The third kappa shape index (κ3) is 3.47. The zero-order valence-corrected chi connectivity index (χ0v) is 14.1. The molecule has 26 heavy (non-hydrogen) atoms. The maximum Gasteiger partial charge on any atom is 0.328 e. The lowest BCUT2D eigenvalue weighted by Gasteiger charge is -2.07. The zero-order chi connectivity index (χ0) is 17.8. The Labute approximate surface area is 150 Å². The van der Waals surface area contributed by atoms with E-state index in [1.807, 2.05) is 66.7 Å². The van der Waals surface area contributed by atoms with Gasteiger partial charge in [0.05, 0.1) is 5.52 Å². The Kier molecular flexibility index (Phi) is 4.43. The van der Waals surface area contributed by atoms with Crippen LogP contribution >= 0.6 is 0 Å². The van der Waals surface area contributed by atoms with Gasteiger partial charge in [-0.15, -0.1) is 5.10 Å². The molecule has 0 spiro atoms. The van der Waals surface area contributed by atoms with Gasteiger partial charge < -0.3 is 4.74 Å². The highest BCUT2D eigenvalue weighted by molar-refractivity contribution is 5.77. The van der Waals surface area contributed by atoms with Crippen LogP contribution in [0.1, 0.15) is 5.56 Å². The number of hydrogen-bond donors (Lipinski definition) is 0. The Bertz CT molecular complexity index is 1020. The average molecular weight is 343 g/mol. The van der Waals surface area contributed by atoms with Gasteiger partial charge in [-0.2, -0.15) is 0 Å². The fourth-order valence-electron chi connectivity index (χ4n) is 2.79. The lowest BCUT2D eigenvalue weighted by Crippen LogP contribution is -2.14. The van der Waals surface area contributed by atoms with Crippen LogP contribution < -0.4 is 0 Å². The number of esters is 1. The van der Waals surface area contributed by atoms with Crippen molar-refractivity contribution in [1.82, 2.24) is 15.0 Å². The van der Waals surface area contributed by atoms with Crippen molar-refractivity contribution in [3.8, 4) is 11.1 Å². The third-order valence-corrected chi connectivity index (χ3v) is 4.16. The highest BCUT2D eigenvalue weighted by Crippen LogP contribution is 2.19. The summed E-state index contributed by atoms with van der Waals surface area (Å²) in [5.41, 5.74) is 4.82. The standard InChI is InChI=1S/C21H17N3O2/c25-21(14-24-20-9-5-4-8-19(20)22-23-24)26-15-16-10-12-18(13-11-16)17-6-2-1-3-7-17/h1-13H,14-15H2. The van der Waals surface area contributed by atoms with Crippen LogP contribution in [0.5, 0.6) is 0 Å². The molecule has 4 aromatic rings. The molecule has 0 aliphatic rings. The van der Waals surface area contributed by atoms with Crippen molar-refractivity contribution >= 4 is 17.0 Å². The monoisotopic (exact) mass is 343 g/mol. The van der Waals surface area contributed by atoms with Crippen LogP contribution in [0.2, 0.25) is 0 Å². The molecule has 0 aliphatic carbocycles. The van der Waals surface area contributed by atoms with Crippen molar-refractivity contribution < 1.29 is 9.53 Å². The fourth-order valence-corrected chi connectivity index (χ4v) is 2.79. The first-order valence-electron chi connectivity index (χ1n) is 8.38. The minimum atomic E-state index is -0.340. The molecule has 0 bridgehead atoms. The van der Waals surface area contributed by atoms with Crippen LogP contribution in [0.4, 0.5) is 0 Å². The van der Waals surface area contributed by atoms with E-state index >= 15 is 0 Å². The van der Waals surface area contributed by atoms with E-state index in [-0.39, 0.29) is 19.1 Å². The van der Waals surface area contributed by atoms with Gasteiger partial charge in [-0.3, -0.25) is 4.79 Å². The molecule has 0 fully saturated rings. The molecule has 0 amide bonds. The van der Waals surface area contributed by atoms with Gasteiger partial charge in [-0.1, -0.05) is 71.9 Å². The second-order valence-corrected chi connectivity index (χ2v) is 5.96. The molecule has 0 radical (unpaired) electrons. The average Bonchev–Trinajstić information content (AvgIpc) is 3.10. The molecule has 128 valence electrons. The molecule has 0 atom stereocenters. The lowest BCUT2D eigenvalue weighted by atomic mass is 10.0. The van der Waals surface area contributed by atoms with Crippen molar-refractivity contribution in [2.75, 3.05) is 0 Å². The van der Waals surface area contributed by atoms with Gasteiger partial charge in [0, 0.05) is 0 Å². The molecule has 4 rings (SSSR count). The van der Waals surface area contributed by atoms with E-state index < -0.39 is 0 Å². The van der Waals surface area contributed by atoms with Crippen molar-refractivity contribution in [2.45, 2.75) is 13.2 Å². The van der Waals surface area contributed by atoms with Crippen molar-refractivity contribution in [2.24, 2.45) is 0 Å². The summed E-state index contributed by atoms with van der Waals surface area (Å²) in [7, 11) is 0. The second kappa shape index (κ2) is 7.19. The maximum atomic E-state index is 12.1. The highest BCUT2D eigenvalue weighted by atomic mass is 16.5. The Morgan fingerprint density at radius 3 is 2.35 bits per heavy atom. The first-order valence-corrected chi connectivity index (χ1v) is 8.38. The molecule has 0 saturated carbocycles. The number of nitrogens with zero attached hydrogens (tertiary/aromatic N) is 3. The number of aromatic nitrogens is 3. The van der Waals surface area contributed by atoms with E-state index in [2.05, 4.69) is 22.4 Å². The van der Waals surface area contributed by atoms with Crippen molar-refractivity contribution in [3.05, 3.63) is 84.4 Å². The summed E-state index contributed by atoms with van der Waals surface area (Å²) >= 11 is 0. The van der Waals surface area contributed by atoms with E-state index in [0.29, 0.717) is 0 Å². The number of benzene rings is 3. The summed E-state index contributed by atoms with van der Waals surface area (Å²) in [5, 5.41) is 8.03. The van der Waals surface area contributed by atoms with Gasteiger partial charge in [0.2, 0.25) is 0 Å². The molecular weight excluding hydrogens is 326 g/mol. The second-order valence-electron chi connectivity index (χ2n) is 5.96. The van der Waals surface area contributed by atoms with E-state index in [9.17, 15) is 4.79 Å². The molecule has 1 heterocycles. The summed E-state index contributed by atoms with van der Waals surface area (Å²) in [5.74, 6) is -0.340. The predicted octanol–water partition coefficient (Wildman–Crippen LogP) is 3.84. The SMILES string of the molecule is O=C(Cn1nnc2ccccc21)OCc1ccc(-c2ccccc2)cc1. The Balaban J connectivity index is 1.37. The molecule has 0 aliphatic heterocycles. The van der Waals surface area contributed by atoms with Gasteiger partial charge in [-0.25, -0.2) is 4.68 Å². The van der Waals surface area contributed by atoms with E-state index in [1.54, 1.807) is 4.68 Å². The summed E-state index contributed by atoms with van der Waals surface area (Å²) in [6.07, 6.45) is 0. The van der Waals surface area contributed by atoms with Crippen LogP contribution in [0.3, 0.4) is 0 Å². The summed E-state index contributed by atoms with van der Waals surface area (Å²) in [6, 6.07) is 25.7. The molecule has 5 heteroatoms. The largest absolute Gasteiger partial charge is 0.459 e. The van der Waals surface area contributed by atoms with Crippen LogP contribution in [0, 0.1) is 0 Å². The van der Waals surface area contributed by atoms with Gasteiger partial charge in [0.15, 0.2) is 0 Å². The molecule has 0 N–H and O–H groups in total. The minimum absolute atomic E-state index is 0.0443. The first kappa shape index (κ1) is 16.0.